The van der Waals surface area contributed by atoms with E-state index in [1.54, 1.807) is 0 Å². The SMILES string of the molecule is O=C(O)c1c(-c2cccc3ccccc23)cn2ccccc12. The van der Waals surface area contributed by atoms with Crippen molar-refractivity contribution in [1.29, 1.82) is 0 Å². The van der Waals surface area contributed by atoms with Gasteiger partial charge in [0.2, 0.25) is 0 Å². The highest BCUT2D eigenvalue weighted by atomic mass is 16.4. The Morgan fingerprint density at radius 1 is 0.864 bits per heavy atom. The van der Waals surface area contributed by atoms with Crippen LogP contribution in [0.15, 0.2) is 73.1 Å². The molecule has 0 amide bonds. The molecule has 106 valence electrons. The Labute approximate surface area is 127 Å². The van der Waals surface area contributed by atoms with Crippen LogP contribution in [0.25, 0.3) is 27.4 Å². The van der Waals surface area contributed by atoms with Gasteiger partial charge in [-0.2, -0.15) is 0 Å². The van der Waals surface area contributed by atoms with Gasteiger partial charge in [-0.1, -0.05) is 48.5 Å². The molecule has 0 radical (unpaired) electrons. The molecule has 0 aliphatic carbocycles. The van der Waals surface area contributed by atoms with Crippen molar-refractivity contribution in [1.82, 2.24) is 4.40 Å². The van der Waals surface area contributed by atoms with Gasteiger partial charge in [-0.05, 0) is 28.5 Å². The van der Waals surface area contributed by atoms with E-state index in [-0.39, 0.29) is 0 Å². The van der Waals surface area contributed by atoms with Crippen LogP contribution in [0, 0.1) is 0 Å². The number of benzene rings is 2. The van der Waals surface area contributed by atoms with E-state index in [9.17, 15) is 9.90 Å². The van der Waals surface area contributed by atoms with E-state index in [4.69, 9.17) is 0 Å². The minimum atomic E-state index is -0.906. The summed E-state index contributed by atoms with van der Waals surface area (Å²) in [6, 6.07) is 19.6. The van der Waals surface area contributed by atoms with E-state index in [0.717, 1.165) is 21.9 Å². The third-order valence-corrected chi connectivity index (χ3v) is 3.98. The number of carbonyl (C=O) groups is 1. The summed E-state index contributed by atoms with van der Waals surface area (Å²) in [5.74, 6) is -0.906. The van der Waals surface area contributed by atoms with Gasteiger partial charge in [0.05, 0.1) is 11.1 Å². The Hall–Kier alpha value is -3.07. The van der Waals surface area contributed by atoms with Crippen LogP contribution in [0.1, 0.15) is 10.4 Å². The highest BCUT2D eigenvalue weighted by Crippen LogP contribution is 2.33. The fourth-order valence-electron chi connectivity index (χ4n) is 3.01. The molecule has 0 aliphatic heterocycles. The maximum absolute atomic E-state index is 11.8. The van der Waals surface area contributed by atoms with E-state index in [1.807, 2.05) is 77.5 Å². The highest BCUT2D eigenvalue weighted by molar-refractivity contribution is 6.08. The van der Waals surface area contributed by atoms with Gasteiger partial charge in [0, 0.05) is 18.0 Å². The summed E-state index contributed by atoms with van der Waals surface area (Å²) in [4.78, 5) is 11.8. The first-order valence-electron chi connectivity index (χ1n) is 7.07. The van der Waals surface area contributed by atoms with Gasteiger partial charge < -0.3 is 9.51 Å². The lowest BCUT2D eigenvalue weighted by molar-refractivity contribution is 0.0700. The largest absolute Gasteiger partial charge is 0.478 e. The van der Waals surface area contributed by atoms with Crippen molar-refractivity contribution in [3.05, 3.63) is 78.6 Å². The van der Waals surface area contributed by atoms with Crippen molar-refractivity contribution < 1.29 is 9.90 Å². The van der Waals surface area contributed by atoms with Gasteiger partial charge in [-0.25, -0.2) is 4.79 Å². The van der Waals surface area contributed by atoms with Gasteiger partial charge in [0.1, 0.15) is 0 Å². The van der Waals surface area contributed by atoms with Crippen LogP contribution in [0.5, 0.6) is 0 Å². The Balaban J connectivity index is 2.13. The Kier molecular flexibility index (Phi) is 2.73. The van der Waals surface area contributed by atoms with Crippen molar-refractivity contribution in [2.24, 2.45) is 0 Å². The number of pyridine rings is 1. The molecule has 1 N–H and O–H groups in total. The molecule has 0 saturated carbocycles. The molecule has 0 saturated heterocycles. The van der Waals surface area contributed by atoms with Crippen molar-refractivity contribution in [2.45, 2.75) is 0 Å². The first kappa shape index (κ1) is 12.7. The first-order valence-corrected chi connectivity index (χ1v) is 7.07. The average Bonchev–Trinajstić information content (AvgIpc) is 2.93. The Morgan fingerprint density at radius 2 is 1.64 bits per heavy atom. The number of fused-ring (bicyclic) bond motifs is 2. The summed E-state index contributed by atoms with van der Waals surface area (Å²) >= 11 is 0. The molecule has 4 rings (SSSR count). The lowest BCUT2D eigenvalue weighted by atomic mass is 9.97. The van der Waals surface area contributed by atoms with Crippen LogP contribution < -0.4 is 0 Å². The third kappa shape index (κ3) is 1.79. The van der Waals surface area contributed by atoms with Gasteiger partial charge in [-0.3, -0.25) is 0 Å². The molecule has 0 atom stereocenters. The number of nitrogens with zero attached hydrogens (tertiary/aromatic N) is 1. The average molecular weight is 287 g/mol. The number of rotatable bonds is 2. The molecule has 3 nitrogen and oxygen atoms in total. The van der Waals surface area contributed by atoms with Crippen LogP contribution in [0.4, 0.5) is 0 Å². The van der Waals surface area contributed by atoms with Gasteiger partial charge in [0.15, 0.2) is 0 Å². The van der Waals surface area contributed by atoms with Gasteiger partial charge >= 0.3 is 5.97 Å². The zero-order valence-corrected chi connectivity index (χ0v) is 11.7. The molecule has 0 aliphatic rings. The summed E-state index contributed by atoms with van der Waals surface area (Å²) in [7, 11) is 0. The first-order chi connectivity index (χ1) is 10.8. The standard InChI is InChI=1S/C19H13NO2/c21-19(22)18-16(12-20-11-4-3-10-17(18)20)15-9-5-7-13-6-1-2-8-14(13)15/h1-12H,(H,21,22). The molecule has 0 spiro atoms. The number of aromatic carboxylic acids is 1. The van der Waals surface area contributed by atoms with E-state index in [2.05, 4.69) is 0 Å². The maximum Gasteiger partial charge on any atom is 0.338 e. The molecule has 0 unspecified atom stereocenters. The second-order valence-corrected chi connectivity index (χ2v) is 5.24. The zero-order chi connectivity index (χ0) is 15.1. The van der Waals surface area contributed by atoms with Crippen LogP contribution in [0.3, 0.4) is 0 Å². The quantitative estimate of drug-likeness (QED) is 0.591. The van der Waals surface area contributed by atoms with Crippen LogP contribution >= 0.6 is 0 Å². The molecule has 2 aromatic carbocycles. The maximum atomic E-state index is 11.8. The second kappa shape index (κ2) is 4.74. The molecular formula is C19H13NO2. The fraction of sp³-hybridized carbons (Fsp3) is 0. The number of hydrogen-bond donors (Lipinski definition) is 1. The minimum absolute atomic E-state index is 0.344. The normalized spacial score (nSPS) is 11.1. The molecule has 2 aromatic heterocycles. The smallest absolute Gasteiger partial charge is 0.338 e. The predicted octanol–water partition coefficient (Wildman–Crippen LogP) is 4.46. The van der Waals surface area contributed by atoms with Gasteiger partial charge in [0.25, 0.3) is 0 Å². The lowest BCUT2D eigenvalue weighted by Gasteiger charge is -2.06. The summed E-state index contributed by atoms with van der Waals surface area (Å²) < 4.78 is 1.86. The summed E-state index contributed by atoms with van der Waals surface area (Å²) in [5, 5.41) is 11.8. The number of hydrogen-bond acceptors (Lipinski definition) is 1. The van der Waals surface area contributed by atoms with Crippen LogP contribution in [-0.2, 0) is 0 Å². The second-order valence-electron chi connectivity index (χ2n) is 5.24. The number of carboxylic acid groups (broad SMARTS) is 1. The third-order valence-electron chi connectivity index (χ3n) is 3.98. The number of carboxylic acids is 1. The molecule has 0 fully saturated rings. The lowest BCUT2D eigenvalue weighted by Crippen LogP contribution is -1.97. The van der Waals surface area contributed by atoms with Gasteiger partial charge in [-0.15, -0.1) is 0 Å². The molecule has 0 bridgehead atoms. The van der Waals surface area contributed by atoms with Crippen molar-refractivity contribution in [3.63, 3.8) is 0 Å². The zero-order valence-electron chi connectivity index (χ0n) is 11.7. The molecular weight excluding hydrogens is 274 g/mol. The molecule has 3 heteroatoms. The van der Waals surface area contributed by atoms with E-state index < -0.39 is 5.97 Å². The topological polar surface area (TPSA) is 41.7 Å². The Bertz CT molecular complexity index is 1010. The highest BCUT2D eigenvalue weighted by Gasteiger charge is 2.19. The van der Waals surface area contributed by atoms with E-state index in [1.165, 1.54) is 0 Å². The monoisotopic (exact) mass is 287 g/mol. The molecule has 22 heavy (non-hydrogen) atoms. The summed E-state index contributed by atoms with van der Waals surface area (Å²) in [6.45, 7) is 0. The van der Waals surface area contributed by atoms with Crippen LogP contribution in [0.2, 0.25) is 0 Å². The van der Waals surface area contributed by atoms with Crippen molar-refractivity contribution in [3.8, 4) is 11.1 Å². The molecule has 2 heterocycles. The summed E-state index contributed by atoms with van der Waals surface area (Å²) in [6.07, 6.45) is 3.76. The van der Waals surface area contributed by atoms with Crippen LogP contribution in [-0.4, -0.2) is 15.5 Å². The summed E-state index contributed by atoms with van der Waals surface area (Å²) in [5.41, 5.74) is 2.74. The molecule has 4 aromatic rings. The van der Waals surface area contributed by atoms with E-state index >= 15 is 0 Å². The number of aromatic nitrogens is 1. The van der Waals surface area contributed by atoms with Crippen molar-refractivity contribution in [2.75, 3.05) is 0 Å². The predicted molar refractivity (Wildman–Crippen MR) is 87.3 cm³/mol. The minimum Gasteiger partial charge on any atom is -0.478 e. The fourth-order valence-corrected chi connectivity index (χ4v) is 3.01. The van der Waals surface area contributed by atoms with Crippen molar-refractivity contribution >= 4 is 22.3 Å². The Morgan fingerprint density at radius 3 is 2.50 bits per heavy atom. The van der Waals surface area contributed by atoms with E-state index in [0.29, 0.717) is 11.1 Å².